The summed E-state index contributed by atoms with van der Waals surface area (Å²) < 4.78 is 26.9. The van der Waals surface area contributed by atoms with Crippen LogP contribution in [0.1, 0.15) is 6.42 Å². The van der Waals surface area contributed by atoms with Gasteiger partial charge in [-0.25, -0.2) is 13.6 Å². The molecule has 0 spiro atoms. The summed E-state index contributed by atoms with van der Waals surface area (Å²) in [6.07, 6.45) is 0.851. The van der Waals surface area contributed by atoms with Crippen molar-refractivity contribution in [3.05, 3.63) is 29.8 Å². The molecule has 1 aromatic carbocycles. The fourth-order valence-corrected chi connectivity index (χ4v) is 2.05. The van der Waals surface area contributed by atoms with E-state index in [9.17, 15) is 13.6 Å². The highest BCUT2D eigenvalue weighted by molar-refractivity contribution is 5.89. The Morgan fingerprint density at radius 1 is 1.16 bits per heavy atom. The zero-order valence-corrected chi connectivity index (χ0v) is 10.8. The summed E-state index contributed by atoms with van der Waals surface area (Å²) in [5.41, 5.74) is -0.384. The van der Waals surface area contributed by atoms with Crippen molar-refractivity contribution in [2.75, 3.05) is 38.5 Å². The van der Waals surface area contributed by atoms with Crippen LogP contribution in [0.4, 0.5) is 19.3 Å². The predicted molar refractivity (Wildman–Crippen MR) is 69.1 cm³/mol. The summed E-state index contributed by atoms with van der Waals surface area (Å²) in [6, 6.07) is 3.05. The zero-order valence-electron chi connectivity index (χ0n) is 10.8. The molecule has 2 amide bonds. The number of likely N-dealkylation sites (N-methyl/N-ethyl adjacent to an activating group) is 1. The number of anilines is 1. The number of para-hydroxylation sites is 1. The molecule has 0 radical (unpaired) electrons. The van der Waals surface area contributed by atoms with Crippen LogP contribution in [-0.2, 0) is 0 Å². The van der Waals surface area contributed by atoms with Crippen LogP contribution in [0.3, 0.4) is 0 Å². The normalized spacial score (nSPS) is 17.1. The van der Waals surface area contributed by atoms with E-state index in [1.165, 1.54) is 6.07 Å². The Kier molecular flexibility index (Phi) is 4.31. The summed E-state index contributed by atoms with van der Waals surface area (Å²) in [4.78, 5) is 15.7. The Bertz CT molecular complexity index is 447. The van der Waals surface area contributed by atoms with E-state index in [1.54, 1.807) is 4.90 Å². The smallest absolute Gasteiger partial charge is 0.322 e. The Balaban J connectivity index is 2.04. The molecule has 2 rings (SSSR count). The van der Waals surface area contributed by atoms with E-state index < -0.39 is 17.7 Å². The molecule has 1 heterocycles. The summed E-state index contributed by atoms with van der Waals surface area (Å²) in [7, 11) is 1.98. The summed E-state index contributed by atoms with van der Waals surface area (Å²) in [5, 5.41) is 2.31. The van der Waals surface area contributed by atoms with Crippen LogP contribution < -0.4 is 5.32 Å². The van der Waals surface area contributed by atoms with Gasteiger partial charge in [0.25, 0.3) is 0 Å². The molecule has 1 aliphatic rings. The maximum absolute atomic E-state index is 13.4. The molecule has 4 nitrogen and oxygen atoms in total. The maximum atomic E-state index is 13.4. The largest absolute Gasteiger partial charge is 0.323 e. The van der Waals surface area contributed by atoms with Gasteiger partial charge < -0.3 is 15.1 Å². The second-order valence-electron chi connectivity index (χ2n) is 4.67. The van der Waals surface area contributed by atoms with Gasteiger partial charge in [-0.1, -0.05) is 6.07 Å². The summed E-state index contributed by atoms with van der Waals surface area (Å²) in [5.74, 6) is -1.53. The van der Waals surface area contributed by atoms with Crippen LogP contribution in [0, 0.1) is 11.6 Å². The van der Waals surface area contributed by atoms with Gasteiger partial charge in [0, 0.05) is 19.6 Å². The first kappa shape index (κ1) is 13.7. The van der Waals surface area contributed by atoms with Gasteiger partial charge in [0.2, 0.25) is 0 Å². The van der Waals surface area contributed by atoms with E-state index in [1.807, 2.05) is 7.05 Å². The highest BCUT2D eigenvalue weighted by Gasteiger charge is 2.19. The van der Waals surface area contributed by atoms with Crippen LogP contribution >= 0.6 is 0 Å². The second kappa shape index (κ2) is 5.97. The Hall–Kier alpha value is -1.69. The van der Waals surface area contributed by atoms with Crippen molar-refractivity contribution < 1.29 is 13.6 Å². The summed E-state index contributed by atoms with van der Waals surface area (Å²) >= 11 is 0. The molecule has 104 valence electrons. The first-order valence-corrected chi connectivity index (χ1v) is 6.26. The number of hydrogen-bond donors (Lipinski definition) is 1. The molecule has 1 aliphatic heterocycles. The summed E-state index contributed by atoms with van der Waals surface area (Å²) in [6.45, 7) is 2.82. The average molecular weight is 269 g/mol. The zero-order chi connectivity index (χ0) is 13.8. The molecule has 1 N–H and O–H groups in total. The number of halogens is 2. The number of nitrogens with one attached hydrogen (secondary N) is 1. The third kappa shape index (κ3) is 3.41. The number of hydrogen-bond acceptors (Lipinski definition) is 2. The Morgan fingerprint density at radius 3 is 2.53 bits per heavy atom. The molecule has 1 aromatic rings. The molecule has 19 heavy (non-hydrogen) atoms. The van der Waals surface area contributed by atoms with Gasteiger partial charge in [-0.3, -0.25) is 0 Å². The quantitative estimate of drug-likeness (QED) is 0.847. The first-order chi connectivity index (χ1) is 9.08. The second-order valence-corrected chi connectivity index (χ2v) is 4.67. The van der Waals surface area contributed by atoms with E-state index in [2.05, 4.69) is 10.2 Å². The topological polar surface area (TPSA) is 35.6 Å². The van der Waals surface area contributed by atoms with Crippen molar-refractivity contribution in [1.82, 2.24) is 9.80 Å². The lowest BCUT2D eigenvalue weighted by Gasteiger charge is -2.21. The number of amides is 2. The molecule has 0 atom stereocenters. The number of benzene rings is 1. The van der Waals surface area contributed by atoms with Gasteiger partial charge in [0.15, 0.2) is 0 Å². The highest BCUT2D eigenvalue weighted by Crippen LogP contribution is 2.18. The maximum Gasteiger partial charge on any atom is 0.322 e. The van der Waals surface area contributed by atoms with Crippen LogP contribution in [0.5, 0.6) is 0 Å². The van der Waals surface area contributed by atoms with Crippen molar-refractivity contribution in [2.45, 2.75) is 6.42 Å². The number of carbonyl (C=O) groups is 1. The van der Waals surface area contributed by atoms with Gasteiger partial charge in [-0.05, 0) is 32.1 Å². The average Bonchev–Trinajstić information content (AvgIpc) is 2.59. The van der Waals surface area contributed by atoms with Crippen LogP contribution in [0.2, 0.25) is 0 Å². The lowest BCUT2D eigenvalue weighted by atomic mass is 10.3. The minimum absolute atomic E-state index is 0.384. The van der Waals surface area contributed by atoms with Gasteiger partial charge >= 0.3 is 6.03 Å². The van der Waals surface area contributed by atoms with Gasteiger partial charge in [-0.2, -0.15) is 0 Å². The third-order valence-electron chi connectivity index (χ3n) is 3.20. The molecule has 1 saturated heterocycles. The van der Waals surface area contributed by atoms with E-state index in [-0.39, 0.29) is 5.69 Å². The van der Waals surface area contributed by atoms with E-state index in [0.717, 1.165) is 31.6 Å². The van der Waals surface area contributed by atoms with Crippen LogP contribution in [0.15, 0.2) is 18.2 Å². The lowest BCUT2D eigenvalue weighted by molar-refractivity contribution is 0.213. The molecular formula is C13H17F2N3O. The molecule has 0 bridgehead atoms. The minimum atomic E-state index is -0.764. The van der Waals surface area contributed by atoms with Gasteiger partial charge in [-0.15, -0.1) is 0 Å². The van der Waals surface area contributed by atoms with Crippen molar-refractivity contribution in [1.29, 1.82) is 0 Å². The van der Waals surface area contributed by atoms with E-state index in [4.69, 9.17) is 0 Å². The Labute approximate surface area is 111 Å². The SMILES string of the molecule is CN1CCCN(C(=O)Nc2c(F)cccc2F)CC1. The van der Waals surface area contributed by atoms with Crippen LogP contribution in [0.25, 0.3) is 0 Å². The lowest BCUT2D eigenvalue weighted by Crippen LogP contribution is -2.38. The Morgan fingerprint density at radius 2 is 1.84 bits per heavy atom. The number of rotatable bonds is 1. The van der Waals surface area contributed by atoms with Crippen LogP contribution in [-0.4, -0.2) is 49.1 Å². The molecule has 0 saturated carbocycles. The van der Waals surface area contributed by atoms with Gasteiger partial charge in [0.1, 0.15) is 17.3 Å². The van der Waals surface area contributed by atoms with Crippen molar-refractivity contribution >= 4 is 11.7 Å². The standard InChI is InChI=1S/C13H17F2N3O/c1-17-6-3-7-18(9-8-17)13(19)16-12-10(14)4-2-5-11(12)15/h2,4-5H,3,6-9H2,1H3,(H,16,19). The fourth-order valence-electron chi connectivity index (χ4n) is 2.05. The number of nitrogens with zero attached hydrogens (tertiary/aromatic N) is 2. The van der Waals surface area contributed by atoms with E-state index >= 15 is 0 Å². The van der Waals surface area contributed by atoms with Crippen molar-refractivity contribution in [3.63, 3.8) is 0 Å². The predicted octanol–water partition coefficient (Wildman–Crippen LogP) is 2.13. The fraction of sp³-hybridized carbons (Fsp3) is 0.462. The molecule has 0 aromatic heterocycles. The minimum Gasteiger partial charge on any atom is -0.323 e. The molecule has 0 aliphatic carbocycles. The monoisotopic (exact) mass is 269 g/mol. The van der Waals surface area contributed by atoms with Crippen molar-refractivity contribution in [2.24, 2.45) is 0 Å². The number of carbonyl (C=O) groups excluding carboxylic acids is 1. The highest BCUT2D eigenvalue weighted by atomic mass is 19.1. The molecular weight excluding hydrogens is 252 g/mol. The molecule has 0 unspecified atom stereocenters. The molecule has 6 heteroatoms. The third-order valence-corrected chi connectivity index (χ3v) is 3.20. The first-order valence-electron chi connectivity index (χ1n) is 6.26. The molecule has 1 fully saturated rings. The number of urea groups is 1. The van der Waals surface area contributed by atoms with E-state index in [0.29, 0.717) is 13.1 Å². The van der Waals surface area contributed by atoms with Gasteiger partial charge in [0.05, 0.1) is 0 Å². The van der Waals surface area contributed by atoms with Crippen molar-refractivity contribution in [3.8, 4) is 0 Å².